The molecule has 2 saturated heterocycles. The molecule has 1 amide bonds. The van der Waals surface area contributed by atoms with Crippen LogP contribution in [0.2, 0.25) is 0 Å². The highest BCUT2D eigenvalue weighted by Crippen LogP contribution is 2.57. The fourth-order valence-electron chi connectivity index (χ4n) is 6.78. The van der Waals surface area contributed by atoms with Crippen LogP contribution in [-0.4, -0.2) is 58.1 Å². The summed E-state index contributed by atoms with van der Waals surface area (Å²) in [4.78, 5) is 30.6. The van der Waals surface area contributed by atoms with E-state index in [0.717, 1.165) is 24.0 Å². The number of allylic oxidation sites excluding steroid dienone is 1. The van der Waals surface area contributed by atoms with E-state index in [-0.39, 0.29) is 24.8 Å². The number of methoxy groups -OCH3 is 1. The maximum Gasteiger partial charge on any atom is 0.338 e. The minimum atomic E-state index is -1.82. The number of carbonyl (C=O) groups excluding carboxylic acids is 2. The minimum Gasteiger partial charge on any atom is -0.497 e. The Kier molecular flexibility index (Phi) is 8.52. The summed E-state index contributed by atoms with van der Waals surface area (Å²) in [6, 6.07) is 17.1. The zero-order valence-corrected chi connectivity index (χ0v) is 25.2. The van der Waals surface area contributed by atoms with Crippen LogP contribution in [0.5, 0.6) is 5.75 Å². The van der Waals surface area contributed by atoms with Gasteiger partial charge in [0.1, 0.15) is 17.0 Å². The van der Waals surface area contributed by atoms with Crippen molar-refractivity contribution in [3.05, 3.63) is 77.9 Å². The Bertz CT molecular complexity index is 1290. The number of benzene rings is 2. The highest BCUT2D eigenvalue weighted by atomic mass is 16.7. The Morgan fingerprint density at radius 2 is 1.83 bits per heavy atom. The van der Waals surface area contributed by atoms with Crippen LogP contribution in [0.4, 0.5) is 0 Å². The number of aliphatic hydroxyl groups is 1. The van der Waals surface area contributed by atoms with Crippen LogP contribution in [0.3, 0.4) is 0 Å². The van der Waals surface area contributed by atoms with E-state index in [1.54, 1.807) is 34.8 Å². The second kappa shape index (κ2) is 11.8. The Morgan fingerprint density at radius 1 is 1.12 bits per heavy atom. The lowest BCUT2D eigenvalue weighted by Crippen LogP contribution is -2.72. The topological polar surface area (TPSA) is 94.5 Å². The summed E-state index contributed by atoms with van der Waals surface area (Å²) in [5.41, 5.74) is -2.33. The first-order valence-corrected chi connectivity index (χ1v) is 14.9. The molecular formula is C34H43NO7. The molecule has 1 N–H and O–H groups in total. The average Bonchev–Trinajstić information content (AvgIpc) is 3.40. The molecule has 2 aliphatic heterocycles. The van der Waals surface area contributed by atoms with E-state index in [9.17, 15) is 14.7 Å². The fraction of sp³-hybridized carbons (Fsp3) is 0.529. The molecule has 8 nitrogen and oxygen atoms in total. The molecule has 0 aromatic heterocycles. The van der Waals surface area contributed by atoms with Crippen molar-refractivity contribution in [1.82, 2.24) is 4.90 Å². The minimum absolute atomic E-state index is 0.0978. The summed E-state index contributed by atoms with van der Waals surface area (Å²) in [5.74, 6) is -1.32. The predicted octanol–water partition coefficient (Wildman–Crippen LogP) is 5.17. The molecule has 0 bridgehead atoms. The van der Waals surface area contributed by atoms with Crippen LogP contribution in [0.25, 0.3) is 0 Å². The summed E-state index contributed by atoms with van der Waals surface area (Å²) in [6.07, 6.45) is 4.72. The summed E-state index contributed by atoms with van der Waals surface area (Å²) in [6.45, 7) is 7.53. The van der Waals surface area contributed by atoms with Crippen molar-refractivity contribution in [3.63, 3.8) is 0 Å². The first kappa shape index (κ1) is 30.3. The van der Waals surface area contributed by atoms with Crippen molar-refractivity contribution < 1.29 is 33.6 Å². The molecule has 3 unspecified atom stereocenters. The molecular weight excluding hydrogens is 534 g/mol. The molecule has 226 valence electrons. The maximum atomic E-state index is 14.6. The third-order valence-corrected chi connectivity index (χ3v) is 8.83. The van der Waals surface area contributed by atoms with Crippen LogP contribution < -0.4 is 4.74 Å². The summed E-state index contributed by atoms with van der Waals surface area (Å²) < 4.78 is 24.2. The van der Waals surface area contributed by atoms with Crippen molar-refractivity contribution in [2.45, 2.75) is 95.7 Å². The monoisotopic (exact) mass is 577 g/mol. The third-order valence-electron chi connectivity index (χ3n) is 8.83. The number of hydrogen-bond acceptors (Lipinski definition) is 7. The van der Waals surface area contributed by atoms with Gasteiger partial charge in [-0.2, -0.15) is 0 Å². The fourth-order valence-corrected chi connectivity index (χ4v) is 6.78. The molecule has 1 aliphatic carbocycles. The zero-order chi connectivity index (χ0) is 30.1. The largest absolute Gasteiger partial charge is 0.497 e. The molecule has 42 heavy (non-hydrogen) atoms. The van der Waals surface area contributed by atoms with Gasteiger partial charge in [-0.05, 0) is 70.2 Å². The Labute approximate surface area is 248 Å². The first-order chi connectivity index (χ1) is 20.0. The van der Waals surface area contributed by atoms with Gasteiger partial charge in [-0.15, -0.1) is 0 Å². The van der Waals surface area contributed by atoms with Gasteiger partial charge in [-0.1, -0.05) is 54.6 Å². The van der Waals surface area contributed by atoms with E-state index in [2.05, 4.69) is 0 Å². The molecule has 3 aliphatic rings. The van der Waals surface area contributed by atoms with Crippen molar-refractivity contribution >= 4 is 11.9 Å². The van der Waals surface area contributed by atoms with Gasteiger partial charge < -0.3 is 29.0 Å². The number of hydrogen-bond donors (Lipinski definition) is 1. The molecule has 0 spiro atoms. The number of esters is 1. The number of ether oxygens (including phenoxy) is 4. The van der Waals surface area contributed by atoms with Gasteiger partial charge in [0.05, 0.1) is 25.7 Å². The normalized spacial score (nSPS) is 29.8. The van der Waals surface area contributed by atoms with Gasteiger partial charge in [0.25, 0.3) is 0 Å². The van der Waals surface area contributed by atoms with Gasteiger partial charge in [-0.3, -0.25) is 4.79 Å². The Morgan fingerprint density at radius 3 is 2.45 bits per heavy atom. The molecule has 5 rings (SSSR count). The standard InChI is InChI=1S/C34H43NO7/c1-32(2,3)42-31(38)34(29(36)25-14-10-7-11-15-25)33(4)27(20-28(41-33)40-22-24-12-8-6-9-13-24)30(37)35(34)21-23-16-18-26(39-5)19-17-23/h6,8-10,12-14,16-19,25,27-29,36H,7,11,15,20-22H2,1-5H3/t25?,27?,28-,29?,33+,34+/m1/s1. The van der Waals surface area contributed by atoms with Gasteiger partial charge in [0, 0.05) is 18.9 Å². The van der Waals surface area contributed by atoms with Crippen LogP contribution >= 0.6 is 0 Å². The summed E-state index contributed by atoms with van der Waals surface area (Å²) >= 11 is 0. The van der Waals surface area contributed by atoms with E-state index < -0.39 is 41.0 Å². The highest BCUT2D eigenvalue weighted by Gasteiger charge is 2.78. The van der Waals surface area contributed by atoms with Crippen molar-refractivity contribution in [3.8, 4) is 5.75 Å². The highest BCUT2D eigenvalue weighted by molar-refractivity contribution is 5.97. The van der Waals surface area contributed by atoms with Gasteiger partial charge >= 0.3 is 5.97 Å². The van der Waals surface area contributed by atoms with Crippen molar-refractivity contribution in [2.24, 2.45) is 11.8 Å². The second-order valence-electron chi connectivity index (χ2n) is 12.7. The number of aliphatic hydroxyl groups excluding tert-OH is 1. The summed E-state index contributed by atoms with van der Waals surface area (Å²) in [5, 5.41) is 12.4. The molecule has 2 aromatic rings. The molecule has 2 fully saturated rings. The molecule has 6 atom stereocenters. The third kappa shape index (κ3) is 5.48. The average molecular weight is 578 g/mol. The van der Waals surface area contributed by atoms with E-state index >= 15 is 0 Å². The Hall–Kier alpha value is -3.20. The van der Waals surface area contributed by atoms with Crippen LogP contribution in [-0.2, 0) is 37.0 Å². The van der Waals surface area contributed by atoms with Gasteiger partial charge in [0.15, 0.2) is 11.8 Å². The van der Waals surface area contributed by atoms with Gasteiger partial charge in [0.2, 0.25) is 5.91 Å². The second-order valence-corrected chi connectivity index (χ2v) is 12.7. The lowest BCUT2D eigenvalue weighted by atomic mass is 9.68. The Balaban J connectivity index is 1.58. The molecule has 0 saturated carbocycles. The molecule has 2 heterocycles. The smallest absolute Gasteiger partial charge is 0.338 e. The molecule has 8 heteroatoms. The van der Waals surface area contributed by atoms with Gasteiger partial charge in [-0.25, -0.2) is 4.79 Å². The van der Waals surface area contributed by atoms with Crippen LogP contribution in [0, 0.1) is 11.8 Å². The van der Waals surface area contributed by atoms with E-state index in [1.807, 2.05) is 66.7 Å². The number of amides is 1. The lowest BCUT2D eigenvalue weighted by Gasteiger charge is -2.50. The lowest BCUT2D eigenvalue weighted by molar-refractivity contribution is -0.234. The first-order valence-electron chi connectivity index (χ1n) is 14.9. The van der Waals surface area contributed by atoms with Crippen LogP contribution in [0.1, 0.15) is 64.5 Å². The van der Waals surface area contributed by atoms with E-state index in [0.29, 0.717) is 18.8 Å². The van der Waals surface area contributed by atoms with E-state index in [1.165, 1.54) is 4.90 Å². The van der Waals surface area contributed by atoms with Crippen molar-refractivity contribution in [2.75, 3.05) is 7.11 Å². The van der Waals surface area contributed by atoms with Crippen molar-refractivity contribution in [1.29, 1.82) is 0 Å². The number of nitrogens with zero attached hydrogens (tertiary/aromatic N) is 1. The maximum absolute atomic E-state index is 14.6. The number of rotatable bonds is 9. The number of fused-ring (bicyclic) bond motifs is 1. The molecule has 0 radical (unpaired) electrons. The quantitative estimate of drug-likeness (QED) is 0.325. The SMILES string of the molecule is COc1ccc(CN2C(=O)C3C[C@H](OCc4ccccc4)O[C@]3(C)[C@@]2(C(=O)OC(C)(C)C)C(O)C2C=CCCC2)cc1. The molecule has 2 aromatic carbocycles. The summed E-state index contributed by atoms with van der Waals surface area (Å²) in [7, 11) is 1.59. The zero-order valence-electron chi connectivity index (χ0n) is 25.2. The number of carbonyl (C=O) groups is 2. The predicted molar refractivity (Wildman–Crippen MR) is 157 cm³/mol. The van der Waals surface area contributed by atoms with Crippen LogP contribution in [0.15, 0.2) is 66.7 Å². The number of likely N-dealkylation sites (tertiary alicyclic amines) is 1. The van der Waals surface area contributed by atoms with E-state index in [4.69, 9.17) is 18.9 Å².